The number of pyridine rings is 1. The van der Waals surface area contributed by atoms with E-state index in [1.807, 2.05) is 37.1 Å². The summed E-state index contributed by atoms with van der Waals surface area (Å²) in [5.41, 5.74) is 7.68. The summed E-state index contributed by atoms with van der Waals surface area (Å²) >= 11 is 0. The van der Waals surface area contributed by atoms with Gasteiger partial charge in [0.1, 0.15) is 17.3 Å². The van der Waals surface area contributed by atoms with Crippen LogP contribution < -0.4 is 10.6 Å². The predicted octanol–water partition coefficient (Wildman–Crippen LogP) is 1.10. The van der Waals surface area contributed by atoms with E-state index in [2.05, 4.69) is 15.0 Å². The van der Waals surface area contributed by atoms with Crippen molar-refractivity contribution in [1.82, 2.24) is 15.0 Å². The highest BCUT2D eigenvalue weighted by atomic mass is 15.2. The molecule has 0 aliphatic heterocycles. The Hall–Kier alpha value is -2.50. The summed E-state index contributed by atoms with van der Waals surface area (Å²) in [6.07, 6.45) is 3.10. The van der Waals surface area contributed by atoms with E-state index in [1.165, 1.54) is 6.20 Å². The molecule has 0 bridgehead atoms. The Labute approximate surface area is 111 Å². The predicted molar refractivity (Wildman–Crippen MR) is 74.1 cm³/mol. The molecule has 0 amide bonds. The highest BCUT2D eigenvalue weighted by Gasteiger charge is 2.06. The minimum absolute atomic E-state index is 0.0814. The highest BCUT2D eigenvalue weighted by molar-refractivity contribution is 5.92. The van der Waals surface area contributed by atoms with Gasteiger partial charge >= 0.3 is 0 Å². The first-order chi connectivity index (χ1) is 9.06. The number of nitrogen functional groups attached to an aromatic ring is 1. The van der Waals surface area contributed by atoms with Crippen LogP contribution in [0, 0.1) is 12.3 Å². The van der Waals surface area contributed by atoms with Crippen molar-refractivity contribution in [3.63, 3.8) is 0 Å². The summed E-state index contributed by atoms with van der Waals surface area (Å²) in [5, 5.41) is 7.27. The van der Waals surface area contributed by atoms with E-state index in [-0.39, 0.29) is 5.84 Å². The quantitative estimate of drug-likeness (QED) is 0.631. The van der Waals surface area contributed by atoms with Gasteiger partial charge in [-0.15, -0.1) is 0 Å². The largest absolute Gasteiger partial charge is 0.382 e. The summed E-state index contributed by atoms with van der Waals surface area (Å²) in [6, 6.07) is 5.92. The Morgan fingerprint density at radius 1 is 1.32 bits per heavy atom. The molecule has 2 heterocycles. The van der Waals surface area contributed by atoms with Crippen LogP contribution in [0.4, 0.5) is 5.82 Å². The van der Waals surface area contributed by atoms with E-state index in [0.717, 1.165) is 11.4 Å². The number of anilines is 1. The van der Waals surface area contributed by atoms with Crippen LogP contribution in [0.1, 0.15) is 17.1 Å². The van der Waals surface area contributed by atoms with Gasteiger partial charge < -0.3 is 10.6 Å². The third kappa shape index (κ3) is 3.25. The third-order valence-electron chi connectivity index (χ3n) is 2.65. The van der Waals surface area contributed by atoms with Crippen molar-refractivity contribution in [3.05, 3.63) is 47.7 Å². The van der Waals surface area contributed by atoms with Gasteiger partial charge in [0.25, 0.3) is 0 Å². The molecule has 3 N–H and O–H groups in total. The lowest BCUT2D eigenvalue weighted by atomic mass is 10.3. The van der Waals surface area contributed by atoms with Gasteiger partial charge in [0.15, 0.2) is 0 Å². The van der Waals surface area contributed by atoms with Gasteiger partial charge in [0.2, 0.25) is 0 Å². The minimum atomic E-state index is -0.0814. The molecule has 98 valence electrons. The fourth-order valence-electron chi connectivity index (χ4n) is 1.67. The molecule has 0 radical (unpaired) electrons. The maximum absolute atomic E-state index is 7.27. The number of nitrogens with two attached hydrogens (primary N) is 1. The van der Waals surface area contributed by atoms with Crippen LogP contribution in [0.15, 0.2) is 30.6 Å². The van der Waals surface area contributed by atoms with Crippen LogP contribution in [0.2, 0.25) is 0 Å². The number of rotatable bonds is 4. The van der Waals surface area contributed by atoms with Gasteiger partial charge in [-0.05, 0) is 19.1 Å². The lowest BCUT2D eigenvalue weighted by Gasteiger charge is -2.17. The van der Waals surface area contributed by atoms with E-state index >= 15 is 0 Å². The normalized spacial score (nSPS) is 10.2. The lowest BCUT2D eigenvalue weighted by Crippen LogP contribution is -2.20. The average Bonchev–Trinajstić information content (AvgIpc) is 2.39. The van der Waals surface area contributed by atoms with E-state index in [4.69, 9.17) is 11.1 Å². The molecule has 0 aliphatic rings. The van der Waals surface area contributed by atoms with Crippen molar-refractivity contribution in [3.8, 4) is 0 Å². The molecule has 19 heavy (non-hydrogen) atoms. The molecular weight excluding hydrogens is 240 g/mol. The summed E-state index contributed by atoms with van der Waals surface area (Å²) in [7, 11) is 1.92. The van der Waals surface area contributed by atoms with Crippen molar-refractivity contribution < 1.29 is 0 Å². The number of aryl methyl sites for hydroxylation is 1. The molecule has 0 aromatic carbocycles. The second kappa shape index (κ2) is 5.43. The molecular formula is C13H16N6. The summed E-state index contributed by atoms with van der Waals surface area (Å²) in [6.45, 7) is 2.61. The number of hydrogen-bond donors (Lipinski definition) is 2. The van der Waals surface area contributed by atoms with Crippen molar-refractivity contribution in [2.45, 2.75) is 13.5 Å². The van der Waals surface area contributed by atoms with E-state index in [9.17, 15) is 0 Å². The molecule has 6 nitrogen and oxygen atoms in total. The SMILES string of the molecule is Cc1cccc(CN(C)c2cnc(C(=N)N)cn2)n1. The standard InChI is InChI=1S/C13H16N6/c1-9-4-3-5-10(18-9)8-19(2)12-7-16-11(6-17-12)13(14)15/h3-7H,8H2,1-2H3,(H3,14,15). The average molecular weight is 256 g/mol. The highest BCUT2D eigenvalue weighted by Crippen LogP contribution is 2.10. The van der Waals surface area contributed by atoms with E-state index < -0.39 is 0 Å². The molecule has 0 fully saturated rings. The van der Waals surface area contributed by atoms with Crippen LogP contribution in [0.5, 0.6) is 0 Å². The van der Waals surface area contributed by atoms with Crippen molar-refractivity contribution in [2.24, 2.45) is 5.73 Å². The molecule has 0 spiro atoms. The molecule has 0 aliphatic carbocycles. The minimum Gasteiger partial charge on any atom is -0.382 e. The van der Waals surface area contributed by atoms with Gasteiger partial charge in [-0.2, -0.15) is 0 Å². The molecule has 2 aromatic heterocycles. The molecule has 0 saturated carbocycles. The van der Waals surface area contributed by atoms with E-state index in [0.29, 0.717) is 18.1 Å². The van der Waals surface area contributed by atoms with Gasteiger partial charge in [-0.25, -0.2) is 9.97 Å². The van der Waals surface area contributed by atoms with Crippen molar-refractivity contribution in [2.75, 3.05) is 11.9 Å². The van der Waals surface area contributed by atoms with Crippen molar-refractivity contribution in [1.29, 1.82) is 5.41 Å². The Bertz CT molecular complexity index is 578. The first kappa shape index (κ1) is 12.9. The molecule has 6 heteroatoms. The molecule has 0 unspecified atom stereocenters. The molecule has 2 rings (SSSR count). The number of hydrogen-bond acceptors (Lipinski definition) is 5. The molecule has 0 saturated heterocycles. The maximum Gasteiger partial charge on any atom is 0.147 e. The Kier molecular flexibility index (Phi) is 3.70. The van der Waals surface area contributed by atoms with E-state index in [1.54, 1.807) is 6.20 Å². The van der Waals surface area contributed by atoms with Gasteiger partial charge in [0.05, 0.1) is 24.6 Å². The number of aromatic nitrogens is 3. The topological polar surface area (TPSA) is 91.8 Å². The van der Waals surface area contributed by atoms with Gasteiger partial charge in [-0.1, -0.05) is 6.07 Å². The molecule has 0 atom stereocenters. The first-order valence-corrected chi connectivity index (χ1v) is 5.86. The Morgan fingerprint density at radius 2 is 2.11 bits per heavy atom. The number of nitrogens with zero attached hydrogens (tertiary/aromatic N) is 4. The smallest absolute Gasteiger partial charge is 0.147 e. The Morgan fingerprint density at radius 3 is 2.68 bits per heavy atom. The summed E-state index contributed by atoms with van der Waals surface area (Å²) in [4.78, 5) is 14.7. The zero-order valence-corrected chi connectivity index (χ0v) is 11.0. The Balaban J connectivity index is 2.11. The monoisotopic (exact) mass is 256 g/mol. The third-order valence-corrected chi connectivity index (χ3v) is 2.65. The molecule has 2 aromatic rings. The first-order valence-electron chi connectivity index (χ1n) is 5.86. The van der Waals surface area contributed by atoms with Crippen molar-refractivity contribution >= 4 is 11.7 Å². The summed E-state index contributed by atoms with van der Waals surface area (Å²) < 4.78 is 0. The second-order valence-electron chi connectivity index (χ2n) is 4.30. The van der Waals surface area contributed by atoms with Crippen LogP contribution in [0.3, 0.4) is 0 Å². The van der Waals surface area contributed by atoms with Gasteiger partial charge in [-0.3, -0.25) is 10.4 Å². The number of amidine groups is 1. The number of nitrogens with one attached hydrogen (secondary N) is 1. The zero-order valence-electron chi connectivity index (χ0n) is 11.0. The van der Waals surface area contributed by atoms with Crippen LogP contribution in [0.25, 0.3) is 0 Å². The fraction of sp³-hybridized carbons (Fsp3) is 0.231. The van der Waals surface area contributed by atoms with Crippen LogP contribution >= 0.6 is 0 Å². The summed E-state index contributed by atoms with van der Waals surface area (Å²) in [5.74, 6) is 0.635. The fourth-order valence-corrected chi connectivity index (χ4v) is 1.67. The van der Waals surface area contributed by atoms with Crippen LogP contribution in [-0.2, 0) is 6.54 Å². The maximum atomic E-state index is 7.27. The second-order valence-corrected chi connectivity index (χ2v) is 4.30. The van der Waals surface area contributed by atoms with Gasteiger partial charge in [0, 0.05) is 12.7 Å². The zero-order chi connectivity index (χ0) is 13.8. The lowest BCUT2D eigenvalue weighted by molar-refractivity contribution is 0.853. The van der Waals surface area contributed by atoms with Crippen LogP contribution in [-0.4, -0.2) is 27.8 Å².